The summed E-state index contributed by atoms with van der Waals surface area (Å²) in [7, 11) is 0. The van der Waals surface area contributed by atoms with E-state index in [0.717, 1.165) is 17.7 Å². The molecule has 1 aliphatic rings. The standard InChI is InChI=1S/C30H41N3/c1-2-3-4-5-6-7-8-9-10-11-12-13-14-17-23-33-24-22-28(21-20-27(25-31)26-32)29-18-15-16-19-30(29)33/h15-16,18-22,24H,2-14,17,23H2,1H3. The molecule has 0 spiro atoms. The second kappa shape index (κ2) is 16.8. The predicted octanol–water partition coefficient (Wildman–Crippen LogP) is 8.86. The molecule has 0 N–H and O–H groups in total. The third kappa shape index (κ3) is 10.1. The summed E-state index contributed by atoms with van der Waals surface area (Å²) in [6.45, 7) is 3.31. The topological polar surface area (TPSA) is 50.8 Å². The van der Waals surface area contributed by atoms with E-state index in [9.17, 15) is 0 Å². The van der Waals surface area contributed by atoms with E-state index in [0.29, 0.717) is 0 Å². The fourth-order valence-corrected chi connectivity index (χ4v) is 4.40. The second-order valence-electron chi connectivity index (χ2n) is 9.05. The number of fused-ring (bicyclic) bond motifs is 1. The van der Waals surface area contributed by atoms with E-state index in [2.05, 4.69) is 42.3 Å². The van der Waals surface area contributed by atoms with Gasteiger partial charge in [-0.15, -0.1) is 0 Å². The molecule has 1 aromatic carbocycles. The largest absolute Gasteiger partial charge is 0.347 e. The molecule has 0 fully saturated rings. The zero-order valence-electron chi connectivity index (χ0n) is 20.6. The summed E-state index contributed by atoms with van der Waals surface area (Å²) in [6, 6.07) is 12.2. The minimum Gasteiger partial charge on any atom is -0.347 e. The van der Waals surface area contributed by atoms with Gasteiger partial charge in [-0.05, 0) is 30.2 Å². The number of allylic oxidation sites excluding steroid dienone is 5. The van der Waals surface area contributed by atoms with E-state index in [-0.39, 0.29) is 5.57 Å². The number of hydrogen-bond donors (Lipinski definition) is 0. The Bertz CT molecular complexity index is 847. The molecule has 1 heterocycles. The third-order valence-electron chi connectivity index (χ3n) is 6.38. The van der Waals surface area contributed by atoms with Gasteiger partial charge in [0.05, 0.1) is 0 Å². The molecule has 176 valence electrons. The summed E-state index contributed by atoms with van der Waals surface area (Å²) in [5.41, 5.74) is 3.51. The predicted molar refractivity (Wildman–Crippen MR) is 141 cm³/mol. The summed E-state index contributed by atoms with van der Waals surface area (Å²) >= 11 is 0. The number of unbranched alkanes of at least 4 members (excludes halogenated alkanes) is 13. The Kier molecular flexibility index (Phi) is 13.5. The Balaban J connectivity index is 1.63. The number of nitrogens with zero attached hydrogens (tertiary/aromatic N) is 3. The van der Waals surface area contributed by atoms with Crippen LogP contribution >= 0.6 is 0 Å². The zero-order chi connectivity index (χ0) is 23.6. The van der Waals surface area contributed by atoms with Gasteiger partial charge in [-0.3, -0.25) is 0 Å². The van der Waals surface area contributed by atoms with Crippen LogP contribution in [0.1, 0.15) is 102 Å². The van der Waals surface area contributed by atoms with E-state index >= 15 is 0 Å². The molecular weight excluding hydrogens is 402 g/mol. The van der Waals surface area contributed by atoms with E-state index in [4.69, 9.17) is 10.5 Å². The van der Waals surface area contributed by atoms with Gasteiger partial charge in [0.15, 0.2) is 0 Å². The van der Waals surface area contributed by atoms with Crippen molar-refractivity contribution in [1.29, 1.82) is 10.5 Å². The van der Waals surface area contributed by atoms with Crippen molar-refractivity contribution in [2.24, 2.45) is 0 Å². The van der Waals surface area contributed by atoms with Crippen molar-refractivity contribution in [3.8, 4) is 12.1 Å². The van der Waals surface area contributed by atoms with E-state index in [1.54, 1.807) is 6.08 Å². The van der Waals surface area contributed by atoms with Crippen LogP contribution in [-0.4, -0.2) is 6.54 Å². The van der Waals surface area contributed by atoms with Gasteiger partial charge in [0.25, 0.3) is 0 Å². The highest BCUT2D eigenvalue weighted by Gasteiger charge is 2.15. The third-order valence-corrected chi connectivity index (χ3v) is 6.38. The van der Waals surface area contributed by atoms with Crippen LogP contribution < -0.4 is 4.90 Å². The number of nitriles is 2. The molecule has 0 bridgehead atoms. The first-order valence-corrected chi connectivity index (χ1v) is 13.1. The normalized spacial score (nSPS) is 13.4. The summed E-state index contributed by atoms with van der Waals surface area (Å²) in [6.07, 6.45) is 26.9. The fraction of sp³-hybridized carbons (Fsp3) is 0.533. The van der Waals surface area contributed by atoms with Crippen LogP contribution in [-0.2, 0) is 0 Å². The van der Waals surface area contributed by atoms with E-state index in [1.165, 1.54) is 95.6 Å². The summed E-state index contributed by atoms with van der Waals surface area (Å²) in [5, 5.41) is 17.9. The maximum Gasteiger partial charge on any atom is 0.129 e. The van der Waals surface area contributed by atoms with Crippen molar-refractivity contribution in [3.63, 3.8) is 0 Å². The minimum atomic E-state index is 0.123. The zero-order valence-corrected chi connectivity index (χ0v) is 20.6. The maximum atomic E-state index is 8.95. The molecule has 0 saturated heterocycles. The van der Waals surface area contributed by atoms with Gasteiger partial charge >= 0.3 is 0 Å². The minimum absolute atomic E-state index is 0.123. The molecule has 2 rings (SSSR count). The van der Waals surface area contributed by atoms with Gasteiger partial charge in [-0.2, -0.15) is 10.5 Å². The Hall–Kier alpha value is -2.78. The average molecular weight is 444 g/mol. The Labute approximate surface area is 202 Å². The highest BCUT2D eigenvalue weighted by Crippen LogP contribution is 2.33. The Morgan fingerprint density at radius 3 is 1.91 bits per heavy atom. The molecule has 0 unspecified atom stereocenters. The lowest BCUT2D eigenvalue weighted by molar-refractivity contribution is 0.536. The molecule has 0 amide bonds. The number of benzene rings is 1. The van der Waals surface area contributed by atoms with Gasteiger partial charge in [-0.1, -0.05) is 115 Å². The monoisotopic (exact) mass is 443 g/mol. The summed E-state index contributed by atoms with van der Waals surface area (Å²) in [4.78, 5) is 2.33. The summed E-state index contributed by atoms with van der Waals surface area (Å²) in [5.74, 6) is 0. The second-order valence-corrected chi connectivity index (χ2v) is 9.05. The molecule has 0 saturated carbocycles. The number of hydrogen-bond acceptors (Lipinski definition) is 3. The molecule has 0 atom stereocenters. The molecule has 0 aliphatic carbocycles. The van der Waals surface area contributed by atoms with Crippen LogP contribution in [0.25, 0.3) is 5.57 Å². The van der Waals surface area contributed by atoms with Crippen molar-refractivity contribution in [2.45, 2.75) is 96.8 Å². The molecular formula is C30H41N3. The quantitative estimate of drug-likeness (QED) is 0.189. The SMILES string of the molecule is CCCCCCCCCCCCCCCCN1C=CC(=CC=C(C#N)C#N)c2ccccc21. The van der Waals surface area contributed by atoms with Crippen molar-refractivity contribution in [2.75, 3.05) is 11.4 Å². The number of para-hydroxylation sites is 1. The van der Waals surface area contributed by atoms with Gasteiger partial charge in [0, 0.05) is 24.0 Å². The van der Waals surface area contributed by atoms with E-state index in [1.807, 2.05) is 24.3 Å². The summed E-state index contributed by atoms with van der Waals surface area (Å²) < 4.78 is 0. The van der Waals surface area contributed by atoms with Crippen LogP contribution in [0, 0.1) is 22.7 Å². The van der Waals surface area contributed by atoms with Gasteiger partial charge < -0.3 is 4.90 Å². The highest BCUT2D eigenvalue weighted by atomic mass is 15.1. The lowest BCUT2D eigenvalue weighted by Gasteiger charge is -2.27. The molecule has 33 heavy (non-hydrogen) atoms. The van der Waals surface area contributed by atoms with Crippen molar-refractivity contribution in [3.05, 3.63) is 59.8 Å². The first kappa shape index (κ1) is 26.5. The Morgan fingerprint density at radius 1 is 0.788 bits per heavy atom. The van der Waals surface area contributed by atoms with Gasteiger partial charge in [0.2, 0.25) is 0 Å². The molecule has 1 aliphatic heterocycles. The van der Waals surface area contributed by atoms with Crippen LogP contribution in [0.3, 0.4) is 0 Å². The van der Waals surface area contributed by atoms with Gasteiger partial charge in [0.1, 0.15) is 17.7 Å². The van der Waals surface area contributed by atoms with Crippen molar-refractivity contribution in [1.82, 2.24) is 0 Å². The first-order valence-electron chi connectivity index (χ1n) is 13.1. The van der Waals surface area contributed by atoms with E-state index < -0.39 is 0 Å². The maximum absolute atomic E-state index is 8.95. The van der Waals surface area contributed by atoms with Crippen LogP contribution in [0.4, 0.5) is 5.69 Å². The van der Waals surface area contributed by atoms with Crippen LogP contribution in [0.5, 0.6) is 0 Å². The van der Waals surface area contributed by atoms with Crippen LogP contribution in [0.15, 0.2) is 54.3 Å². The lowest BCUT2D eigenvalue weighted by Crippen LogP contribution is -2.21. The average Bonchev–Trinajstić information content (AvgIpc) is 2.85. The molecule has 0 radical (unpaired) electrons. The fourth-order valence-electron chi connectivity index (χ4n) is 4.40. The molecule has 0 aromatic heterocycles. The smallest absolute Gasteiger partial charge is 0.129 e. The lowest BCUT2D eigenvalue weighted by atomic mass is 9.98. The molecule has 1 aromatic rings. The van der Waals surface area contributed by atoms with Crippen LogP contribution in [0.2, 0.25) is 0 Å². The van der Waals surface area contributed by atoms with Crippen molar-refractivity contribution >= 4 is 11.3 Å². The van der Waals surface area contributed by atoms with Crippen molar-refractivity contribution < 1.29 is 0 Å². The number of anilines is 1. The first-order chi connectivity index (χ1) is 16.3. The highest BCUT2D eigenvalue weighted by molar-refractivity contribution is 5.87. The molecule has 3 heteroatoms. The number of rotatable bonds is 16. The Morgan fingerprint density at radius 2 is 1.33 bits per heavy atom. The molecule has 3 nitrogen and oxygen atoms in total. The van der Waals surface area contributed by atoms with Gasteiger partial charge in [-0.25, -0.2) is 0 Å².